The zero-order valence-electron chi connectivity index (χ0n) is 19.3. The van der Waals surface area contributed by atoms with Crippen LogP contribution in [0.5, 0.6) is 6.01 Å². The molecular formula is C26H22N4NaO3+. The van der Waals surface area contributed by atoms with Crippen LogP contribution >= 0.6 is 0 Å². The molecule has 7 nitrogen and oxygen atoms in total. The molecule has 0 aliphatic rings. The van der Waals surface area contributed by atoms with Crippen LogP contribution < -0.4 is 34.3 Å². The Morgan fingerprint density at radius 2 is 1.76 bits per heavy atom. The molecule has 0 saturated carbocycles. The molecule has 0 atom stereocenters. The van der Waals surface area contributed by atoms with Gasteiger partial charge in [0.25, 0.3) is 6.01 Å². The van der Waals surface area contributed by atoms with Crippen molar-refractivity contribution in [3.63, 3.8) is 0 Å². The van der Waals surface area contributed by atoms with Crippen LogP contribution in [0.1, 0.15) is 28.5 Å². The predicted molar refractivity (Wildman–Crippen MR) is 127 cm³/mol. The summed E-state index contributed by atoms with van der Waals surface area (Å²) >= 11 is 0. The van der Waals surface area contributed by atoms with Gasteiger partial charge in [-0.3, -0.25) is 4.57 Å². The average Bonchev–Trinajstić information content (AvgIpc) is 3.15. The number of benzene rings is 2. The van der Waals surface area contributed by atoms with Gasteiger partial charge in [-0.2, -0.15) is 4.98 Å². The number of nitrogens with zero attached hydrogens (tertiary/aromatic N) is 4. The van der Waals surface area contributed by atoms with Crippen molar-refractivity contribution in [1.82, 2.24) is 19.5 Å². The molecule has 0 spiro atoms. The first kappa shape index (κ1) is 23.9. The fourth-order valence-corrected chi connectivity index (χ4v) is 3.96. The normalized spacial score (nSPS) is 10.9. The Morgan fingerprint density at radius 1 is 0.971 bits per heavy atom. The van der Waals surface area contributed by atoms with Crippen LogP contribution in [-0.4, -0.2) is 37.2 Å². The van der Waals surface area contributed by atoms with Gasteiger partial charge in [0.2, 0.25) is 0 Å². The van der Waals surface area contributed by atoms with Gasteiger partial charge in [0.1, 0.15) is 5.52 Å². The number of aromatic nitrogens is 4. The van der Waals surface area contributed by atoms with E-state index in [0.717, 1.165) is 33.3 Å². The van der Waals surface area contributed by atoms with Gasteiger partial charge in [-0.15, -0.1) is 0 Å². The van der Waals surface area contributed by atoms with E-state index >= 15 is 0 Å². The minimum atomic E-state index is -0.968. The molecule has 0 bridgehead atoms. The molecule has 8 heteroatoms. The first-order valence-electron chi connectivity index (χ1n) is 10.7. The van der Waals surface area contributed by atoms with Crippen LogP contribution in [0.3, 0.4) is 0 Å². The van der Waals surface area contributed by atoms with Gasteiger partial charge in [-0.05, 0) is 55.8 Å². The molecule has 3 aromatic heterocycles. The van der Waals surface area contributed by atoms with Crippen molar-refractivity contribution in [1.29, 1.82) is 0 Å². The third-order valence-corrected chi connectivity index (χ3v) is 5.50. The number of hydrogen-bond donors (Lipinski definition) is 1. The monoisotopic (exact) mass is 461 g/mol. The smallest absolute Gasteiger partial charge is 0.478 e. The Bertz CT molecular complexity index is 1510. The van der Waals surface area contributed by atoms with E-state index in [9.17, 15) is 9.90 Å². The second-order valence-corrected chi connectivity index (χ2v) is 7.78. The number of carboxylic acids is 1. The van der Waals surface area contributed by atoms with E-state index < -0.39 is 5.97 Å². The second kappa shape index (κ2) is 9.93. The maximum absolute atomic E-state index is 11.6. The fourth-order valence-electron chi connectivity index (χ4n) is 3.96. The summed E-state index contributed by atoms with van der Waals surface area (Å²) in [5.74, 6) is -0.968. The number of pyridine rings is 2. The average molecular weight is 461 g/mol. The second-order valence-electron chi connectivity index (χ2n) is 7.78. The summed E-state index contributed by atoms with van der Waals surface area (Å²) in [6, 6.07) is 21.2. The van der Waals surface area contributed by atoms with Crippen molar-refractivity contribution >= 4 is 28.0 Å². The quantitative estimate of drug-likeness (QED) is 0.390. The van der Waals surface area contributed by atoms with Gasteiger partial charge in [0.05, 0.1) is 29.9 Å². The van der Waals surface area contributed by atoms with Gasteiger partial charge in [-0.25, -0.2) is 14.8 Å². The standard InChI is InChI=1S/C26H22N4O3.Na/c1-3-33-26-29-23-11-8-16(2)27-24(23)30(26)15-17-9-12-21-18(14-17)10-13-22(28-21)19-6-4-5-7-20(19)25(31)32;/h4-14H,3,15H2,1-2H3,(H,31,32);/q;+1. The third kappa shape index (κ3) is 4.55. The summed E-state index contributed by atoms with van der Waals surface area (Å²) in [5, 5.41) is 10.5. The molecule has 34 heavy (non-hydrogen) atoms. The van der Waals surface area contributed by atoms with Crippen molar-refractivity contribution in [2.45, 2.75) is 20.4 Å². The Hall–Kier alpha value is -3.26. The van der Waals surface area contributed by atoms with Crippen LogP contribution in [0.2, 0.25) is 0 Å². The first-order valence-corrected chi connectivity index (χ1v) is 10.7. The summed E-state index contributed by atoms with van der Waals surface area (Å²) in [6.07, 6.45) is 0. The summed E-state index contributed by atoms with van der Waals surface area (Å²) in [7, 11) is 0. The molecule has 3 heterocycles. The van der Waals surface area contributed by atoms with E-state index in [4.69, 9.17) is 9.72 Å². The molecule has 1 N–H and O–H groups in total. The predicted octanol–water partition coefficient (Wildman–Crippen LogP) is 2.10. The minimum Gasteiger partial charge on any atom is -0.478 e. The van der Waals surface area contributed by atoms with Crippen LogP contribution in [0.4, 0.5) is 0 Å². The number of carboxylic acid groups (broad SMARTS) is 1. The number of carbonyl (C=O) groups is 1. The number of imidazole rings is 1. The van der Waals surface area contributed by atoms with E-state index in [1.165, 1.54) is 0 Å². The van der Waals surface area contributed by atoms with Gasteiger partial charge >= 0.3 is 35.5 Å². The summed E-state index contributed by atoms with van der Waals surface area (Å²) in [5.41, 5.74) is 5.83. The molecule has 0 unspecified atom stereocenters. The SMILES string of the molecule is CCOc1nc2ccc(C)nc2n1Cc1ccc2nc(-c3ccccc3C(=O)O)ccc2c1.[Na+]. The Kier molecular flexibility index (Phi) is 6.97. The minimum absolute atomic E-state index is 0. The number of aryl methyl sites for hydroxylation is 1. The molecule has 0 fully saturated rings. The topological polar surface area (TPSA) is 90.1 Å². The van der Waals surface area contributed by atoms with Gasteiger partial charge in [0, 0.05) is 16.6 Å². The Balaban J connectivity index is 0.00000274. The molecule has 0 aliphatic carbocycles. The zero-order chi connectivity index (χ0) is 22.9. The number of rotatable bonds is 6. The van der Waals surface area contributed by atoms with Crippen LogP contribution in [0, 0.1) is 6.92 Å². The van der Waals surface area contributed by atoms with E-state index in [2.05, 4.69) is 16.0 Å². The van der Waals surface area contributed by atoms with E-state index in [0.29, 0.717) is 30.4 Å². The maximum Gasteiger partial charge on any atom is 1.00 e. The third-order valence-electron chi connectivity index (χ3n) is 5.50. The van der Waals surface area contributed by atoms with Crippen molar-refractivity contribution < 1.29 is 44.2 Å². The van der Waals surface area contributed by atoms with Crippen molar-refractivity contribution in [2.24, 2.45) is 0 Å². The van der Waals surface area contributed by atoms with E-state index in [1.54, 1.807) is 18.2 Å². The molecule has 5 aromatic rings. The van der Waals surface area contributed by atoms with Crippen LogP contribution in [-0.2, 0) is 6.54 Å². The maximum atomic E-state index is 11.6. The summed E-state index contributed by atoms with van der Waals surface area (Å²) in [4.78, 5) is 25.6. The molecule has 5 rings (SSSR count). The van der Waals surface area contributed by atoms with E-state index in [1.807, 2.05) is 60.9 Å². The molecule has 164 valence electrons. The van der Waals surface area contributed by atoms with Crippen molar-refractivity contribution in [3.05, 3.63) is 83.6 Å². The Labute approximate surface area is 218 Å². The first-order chi connectivity index (χ1) is 16.0. The molecule has 0 amide bonds. The molecule has 0 radical (unpaired) electrons. The van der Waals surface area contributed by atoms with Crippen molar-refractivity contribution in [3.8, 4) is 17.3 Å². The molecular weight excluding hydrogens is 439 g/mol. The molecule has 2 aromatic carbocycles. The fraction of sp³-hybridized carbons (Fsp3) is 0.154. The van der Waals surface area contributed by atoms with Gasteiger partial charge in [-0.1, -0.05) is 30.3 Å². The summed E-state index contributed by atoms with van der Waals surface area (Å²) in [6.45, 7) is 4.97. The van der Waals surface area contributed by atoms with Crippen molar-refractivity contribution in [2.75, 3.05) is 6.61 Å². The summed E-state index contributed by atoms with van der Waals surface area (Å²) < 4.78 is 7.75. The number of hydrogen-bond acceptors (Lipinski definition) is 5. The molecule has 0 aliphatic heterocycles. The number of ether oxygens (including phenoxy) is 1. The van der Waals surface area contributed by atoms with Gasteiger partial charge < -0.3 is 9.84 Å². The van der Waals surface area contributed by atoms with Crippen LogP contribution in [0.25, 0.3) is 33.3 Å². The Morgan fingerprint density at radius 3 is 2.56 bits per heavy atom. The zero-order valence-corrected chi connectivity index (χ0v) is 21.3. The van der Waals surface area contributed by atoms with E-state index in [-0.39, 0.29) is 35.1 Å². The molecule has 0 saturated heterocycles. The number of aromatic carboxylic acids is 1. The van der Waals surface area contributed by atoms with Gasteiger partial charge in [0.15, 0.2) is 5.65 Å². The van der Waals surface area contributed by atoms with Crippen LogP contribution in [0.15, 0.2) is 66.7 Å². The number of fused-ring (bicyclic) bond motifs is 2. The largest absolute Gasteiger partial charge is 1.00 e.